The standard InChI is InChI=1S/C15H26FN5O2/c1-3-20(4-2)9-5-6-18-7-8-19-13-10-12(17)11-14(15(13)16)21(22)23/h10-11,18-19H,3-9,17H2,1-2H3. The lowest BCUT2D eigenvalue weighted by Gasteiger charge is -2.17. The molecule has 1 aromatic rings. The van der Waals surface area contributed by atoms with Gasteiger partial charge in [0.25, 0.3) is 0 Å². The Hall–Kier alpha value is -1.93. The van der Waals surface area contributed by atoms with Gasteiger partial charge in [-0.05, 0) is 38.7 Å². The fourth-order valence-corrected chi connectivity index (χ4v) is 2.27. The van der Waals surface area contributed by atoms with Crippen molar-refractivity contribution in [1.29, 1.82) is 0 Å². The molecule has 0 amide bonds. The summed E-state index contributed by atoms with van der Waals surface area (Å²) in [6, 6.07) is 2.38. The first kappa shape index (κ1) is 19.1. The second-order valence-electron chi connectivity index (χ2n) is 5.22. The summed E-state index contributed by atoms with van der Waals surface area (Å²) >= 11 is 0. The van der Waals surface area contributed by atoms with E-state index in [-0.39, 0.29) is 11.4 Å². The second kappa shape index (κ2) is 9.96. The van der Waals surface area contributed by atoms with Crippen LogP contribution >= 0.6 is 0 Å². The Morgan fingerprint density at radius 2 is 1.96 bits per heavy atom. The van der Waals surface area contributed by atoms with Gasteiger partial charge in [-0.2, -0.15) is 4.39 Å². The Labute approximate surface area is 136 Å². The van der Waals surface area contributed by atoms with Crippen LogP contribution in [-0.4, -0.2) is 49.1 Å². The molecule has 0 unspecified atom stereocenters. The highest BCUT2D eigenvalue weighted by Crippen LogP contribution is 2.27. The van der Waals surface area contributed by atoms with Crippen molar-refractivity contribution in [2.24, 2.45) is 0 Å². The van der Waals surface area contributed by atoms with Crippen LogP contribution in [0.15, 0.2) is 12.1 Å². The van der Waals surface area contributed by atoms with Crippen LogP contribution in [-0.2, 0) is 0 Å². The van der Waals surface area contributed by atoms with Crippen LogP contribution in [0.3, 0.4) is 0 Å². The first-order valence-electron chi connectivity index (χ1n) is 7.89. The Morgan fingerprint density at radius 3 is 2.57 bits per heavy atom. The Bertz CT molecular complexity index is 509. The van der Waals surface area contributed by atoms with Gasteiger partial charge in [0.05, 0.1) is 10.6 Å². The second-order valence-corrected chi connectivity index (χ2v) is 5.22. The molecule has 130 valence electrons. The van der Waals surface area contributed by atoms with Crippen molar-refractivity contribution in [3.63, 3.8) is 0 Å². The van der Waals surface area contributed by atoms with Gasteiger partial charge in [0.1, 0.15) is 0 Å². The topological polar surface area (TPSA) is 96.5 Å². The summed E-state index contributed by atoms with van der Waals surface area (Å²) in [7, 11) is 0. The van der Waals surface area contributed by atoms with Crippen LogP contribution in [0.5, 0.6) is 0 Å². The third-order valence-electron chi connectivity index (χ3n) is 3.61. The van der Waals surface area contributed by atoms with E-state index in [0.29, 0.717) is 13.1 Å². The van der Waals surface area contributed by atoms with Gasteiger partial charge >= 0.3 is 5.69 Å². The third kappa shape index (κ3) is 6.37. The molecule has 1 aromatic carbocycles. The van der Waals surface area contributed by atoms with Gasteiger partial charge < -0.3 is 21.3 Å². The van der Waals surface area contributed by atoms with Crippen LogP contribution < -0.4 is 16.4 Å². The van der Waals surface area contributed by atoms with Crippen LogP contribution in [0.25, 0.3) is 0 Å². The first-order valence-corrected chi connectivity index (χ1v) is 7.89. The zero-order valence-electron chi connectivity index (χ0n) is 13.8. The predicted octanol–water partition coefficient (Wildman–Crippen LogP) is 2.05. The molecule has 4 N–H and O–H groups in total. The number of nitrogens with one attached hydrogen (secondary N) is 2. The molecule has 8 heteroatoms. The van der Waals surface area contributed by atoms with E-state index in [9.17, 15) is 14.5 Å². The molecule has 0 fully saturated rings. The quantitative estimate of drug-likeness (QED) is 0.249. The van der Waals surface area contributed by atoms with Gasteiger partial charge in [0.2, 0.25) is 5.82 Å². The molecule has 0 spiro atoms. The SMILES string of the molecule is CCN(CC)CCCNCCNc1cc(N)cc([N+](=O)[O-])c1F. The van der Waals surface area contributed by atoms with E-state index in [1.807, 2.05) is 0 Å². The third-order valence-corrected chi connectivity index (χ3v) is 3.61. The Kier molecular flexibility index (Phi) is 8.28. The summed E-state index contributed by atoms with van der Waals surface area (Å²) < 4.78 is 13.9. The number of anilines is 2. The number of nitro benzene ring substituents is 1. The number of benzene rings is 1. The normalized spacial score (nSPS) is 11.0. The lowest BCUT2D eigenvalue weighted by atomic mass is 10.2. The lowest BCUT2D eigenvalue weighted by Crippen LogP contribution is -2.29. The molecule has 0 aliphatic rings. The maximum Gasteiger partial charge on any atom is 0.309 e. The van der Waals surface area contributed by atoms with Crippen molar-refractivity contribution in [3.05, 3.63) is 28.1 Å². The van der Waals surface area contributed by atoms with Gasteiger partial charge in [0, 0.05) is 24.8 Å². The summed E-state index contributed by atoms with van der Waals surface area (Å²) in [5.41, 5.74) is 5.16. The molecule has 0 atom stereocenters. The van der Waals surface area contributed by atoms with Crippen molar-refractivity contribution < 1.29 is 9.31 Å². The van der Waals surface area contributed by atoms with Crippen molar-refractivity contribution in [3.8, 4) is 0 Å². The van der Waals surface area contributed by atoms with Gasteiger partial charge in [-0.25, -0.2) is 0 Å². The fourth-order valence-electron chi connectivity index (χ4n) is 2.27. The minimum Gasteiger partial charge on any atom is -0.398 e. The van der Waals surface area contributed by atoms with E-state index in [0.717, 1.165) is 38.7 Å². The van der Waals surface area contributed by atoms with Gasteiger partial charge in [0.15, 0.2) is 0 Å². The summed E-state index contributed by atoms with van der Waals surface area (Å²) in [6.07, 6.45) is 1.04. The molecule has 0 saturated heterocycles. The number of nitro groups is 1. The molecular formula is C15H26FN5O2. The van der Waals surface area contributed by atoms with E-state index in [4.69, 9.17) is 5.73 Å². The molecule has 0 aromatic heterocycles. The van der Waals surface area contributed by atoms with Crippen LogP contribution in [0.1, 0.15) is 20.3 Å². The zero-order valence-corrected chi connectivity index (χ0v) is 13.8. The van der Waals surface area contributed by atoms with Crippen molar-refractivity contribution in [2.45, 2.75) is 20.3 Å². The summed E-state index contributed by atoms with van der Waals surface area (Å²) in [5.74, 6) is -0.884. The monoisotopic (exact) mass is 327 g/mol. The van der Waals surface area contributed by atoms with Crippen LogP contribution in [0.4, 0.5) is 21.5 Å². The van der Waals surface area contributed by atoms with E-state index in [2.05, 4.69) is 29.4 Å². The first-order chi connectivity index (χ1) is 11.0. The molecule has 0 bridgehead atoms. The van der Waals surface area contributed by atoms with Crippen molar-refractivity contribution in [1.82, 2.24) is 10.2 Å². The number of nitrogens with two attached hydrogens (primary N) is 1. The maximum absolute atomic E-state index is 13.9. The number of rotatable bonds is 11. The number of halogens is 1. The smallest absolute Gasteiger partial charge is 0.309 e. The maximum atomic E-state index is 13.9. The number of hydrogen-bond donors (Lipinski definition) is 3. The molecule has 1 rings (SSSR count). The van der Waals surface area contributed by atoms with Gasteiger partial charge in [-0.15, -0.1) is 0 Å². The molecular weight excluding hydrogens is 301 g/mol. The molecule has 0 saturated carbocycles. The van der Waals surface area contributed by atoms with Crippen molar-refractivity contribution >= 4 is 17.1 Å². The van der Waals surface area contributed by atoms with Crippen LogP contribution in [0.2, 0.25) is 0 Å². The van der Waals surface area contributed by atoms with Crippen LogP contribution in [0, 0.1) is 15.9 Å². The molecule has 7 nitrogen and oxygen atoms in total. The molecule has 23 heavy (non-hydrogen) atoms. The molecule has 0 aliphatic heterocycles. The molecule has 0 radical (unpaired) electrons. The van der Waals surface area contributed by atoms with E-state index in [1.165, 1.54) is 6.07 Å². The van der Waals surface area contributed by atoms with Gasteiger partial charge in [-0.3, -0.25) is 10.1 Å². The minimum atomic E-state index is -0.884. The van der Waals surface area contributed by atoms with Gasteiger partial charge in [-0.1, -0.05) is 13.8 Å². The zero-order chi connectivity index (χ0) is 17.2. The number of nitrogen functional groups attached to an aromatic ring is 1. The highest BCUT2D eigenvalue weighted by molar-refractivity contribution is 5.62. The highest BCUT2D eigenvalue weighted by atomic mass is 19.1. The average Bonchev–Trinajstić information content (AvgIpc) is 2.52. The summed E-state index contributed by atoms with van der Waals surface area (Å²) in [4.78, 5) is 12.3. The number of hydrogen-bond acceptors (Lipinski definition) is 6. The largest absolute Gasteiger partial charge is 0.398 e. The number of nitrogens with zero attached hydrogens (tertiary/aromatic N) is 2. The lowest BCUT2D eigenvalue weighted by molar-refractivity contribution is -0.387. The summed E-state index contributed by atoms with van der Waals surface area (Å²) in [5, 5.41) is 16.8. The Balaban J connectivity index is 2.33. The summed E-state index contributed by atoms with van der Waals surface area (Å²) in [6.45, 7) is 9.39. The minimum absolute atomic E-state index is 0.0571. The van der Waals surface area contributed by atoms with Crippen molar-refractivity contribution in [2.75, 3.05) is 50.3 Å². The van der Waals surface area contributed by atoms with E-state index < -0.39 is 16.4 Å². The van der Waals surface area contributed by atoms with E-state index >= 15 is 0 Å². The molecule has 0 heterocycles. The van der Waals surface area contributed by atoms with E-state index in [1.54, 1.807) is 0 Å². The highest BCUT2D eigenvalue weighted by Gasteiger charge is 2.18. The molecule has 0 aliphatic carbocycles. The predicted molar refractivity (Wildman–Crippen MR) is 91.2 cm³/mol. The Morgan fingerprint density at radius 1 is 1.26 bits per heavy atom. The fraction of sp³-hybridized carbons (Fsp3) is 0.600. The average molecular weight is 327 g/mol.